The number of thioether (sulfide) groups is 1. The van der Waals surface area contributed by atoms with Crippen LogP contribution in [0.25, 0.3) is 0 Å². The molecule has 1 atom stereocenters. The van der Waals surface area contributed by atoms with Crippen LogP contribution in [0.3, 0.4) is 0 Å². The molecule has 0 spiro atoms. The molecule has 0 aliphatic carbocycles. The van der Waals surface area contributed by atoms with E-state index >= 15 is 0 Å². The monoisotopic (exact) mass is 277 g/mol. The molecule has 0 amide bonds. The first kappa shape index (κ1) is 14.9. The second kappa shape index (κ2) is 7.96. The molecule has 1 N–H and O–H groups in total. The molecule has 1 nitrogen and oxygen atoms in total. The second-order valence-corrected chi connectivity index (χ2v) is 6.84. The van der Waals surface area contributed by atoms with Gasteiger partial charge < -0.3 is 5.32 Å². The largest absolute Gasteiger partial charge is 0.307 e. The smallest absolute Gasteiger partial charge is 0.0294 e. The van der Waals surface area contributed by atoms with Gasteiger partial charge in [0.2, 0.25) is 0 Å². The minimum atomic E-state index is 0.480. The molecule has 0 radical (unpaired) electrons. The van der Waals surface area contributed by atoms with Crippen molar-refractivity contribution in [2.45, 2.75) is 58.0 Å². The van der Waals surface area contributed by atoms with Gasteiger partial charge in [-0.15, -0.1) is 0 Å². The Morgan fingerprint density at radius 3 is 2.53 bits per heavy atom. The predicted octanol–water partition coefficient (Wildman–Crippen LogP) is 4.58. The number of benzene rings is 1. The lowest BCUT2D eigenvalue weighted by atomic mass is 10.0. The second-order valence-electron chi connectivity index (χ2n) is 5.62. The fourth-order valence-electron chi connectivity index (χ4n) is 2.67. The highest BCUT2D eigenvalue weighted by molar-refractivity contribution is 7.99. The van der Waals surface area contributed by atoms with Gasteiger partial charge in [-0.3, -0.25) is 0 Å². The van der Waals surface area contributed by atoms with Crippen LogP contribution >= 0.6 is 11.8 Å². The van der Waals surface area contributed by atoms with Gasteiger partial charge in [-0.1, -0.05) is 37.6 Å². The maximum absolute atomic E-state index is 3.78. The van der Waals surface area contributed by atoms with Crippen molar-refractivity contribution in [2.75, 3.05) is 11.5 Å². The first-order valence-corrected chi connectivity index (χ1v) is 8.87. The quantitative estimate of drug-likeness (QED) is 0.817. The zero-order valence-electron chi connectivity index (χ0n) is 12.3. The fourth-order valence-corrected chi connectivity index (χ4v) is 3.77. The lowest BCUT2D eigenvalue weighted by molar-refractivity contribution is 0.431. The van der Waals surface area contributed by atoms with E-state index in [0.29, 0.717) is 6.04 Å². The molecule has 106 valence electrons. The van der Waals surface area contributed by atoms with E-state index in [9.17, 15) is 0 Å². The summed E-state index contributed by atoms with van der Waals surface area (Å²) < 4.78 is 0. The predicted molar refractivity (Wildman–Crippen MR) is 87.0 cm³/mol. The Hall–Kier alpha value is -0.470. The first-order valence-electron chi connectivity index (χ1n) is 7.72. The summed E-state index contributed by atoms with van der Waals surface area (Å²) in [5.74, 6) is 2.64. The minimum Gasteiger partial charge on any atom is -0.307 e. The first-order chi connectivity index (χ1) is 9.29. The third-order valence-electron chi connectivity index (χ3n) is 4.01. The molecule has 1 aromatic carbocycles. The van der Waals surface area contributed by atoms with Gasteiger partial charge in [-0.25, -0.2) is 0 Å². The van der Waals surface area contributed by atoms with Gasteiger partial charge in [0, 0.05) is 12.1 Å². The Balaban J connectivity index is 1.85. The van der Waals surface area contributed by atoms with Crippen molar-refractivity contribution in [3.8, 4) is 0 Å². The Labute approximate surface area is 122 Å². The van der Waals surface area contributed by atoms with Crippen molar-refractivity contribution >= 4 is 11.8 Å². The number of hydrogen-bond donors (Lipinski definition) is 1. The molecule has 1 fully saturated rings. The van der Waals surface area contributed by atoms with E-state index in [0.717, 1.165) is 6.04 Å². The van der Waals surface area contributed by atoms with Crippen molar-refractivity contribution < 1.29 is 0 Å². The number of rotatable bonds is 6. The van der Waals surface area contributed by atoms with E-state index in [2.05, 4.69) is 55.2 Å². The molecule has 0 saturated carbocycles. The van der Waals surface area contributed by atoms with E-state index in [1.54, 1.807) is 0 Å². The summed E-state index contributed by atoms with van der Waals surface area (Å²) in [6.07, 6.45) is 6.44. The van der Waals surface area contributed by atoms with Crippen molar-refractivity contribution in [1.82, 2.24) is 5.32 Å². The van der Waals surface area contributed by atoms with Gasteiger partial charge in [0.1, 0.15) is 0 Å². The highest BCUT2D eigenvalue weighted by atomic mass is 32.2. The van der Waals surface area contributed by atoms with Crippen LogP contribution in [0.1, 0.15) is 56.7 Å². The van der Waals surface area contributed by atoms with Crippen molar-refractivity contribution in [2.24, 2.45) is 0 Å². The summed E-state index contributed by atoms with van der Waals surface area (Å²) in [5.41, 5.74) is 2.91. The third-order valence-corrected chi connectivity index (χ3v) is 5.05. The summed E-state index contributed by atoms with van der Waals surface area (Å²) in [6.45, 7) is 4.55. The van der Waals surface area contributed by atoms with Gasteiger partial charge in [0.25, 0.3) is 0 Å². The summed E-state index contributed by atoms with van der Waals surface area (Å²) in [5, 5.41) is 3.78. The number of hydrogen-bond acceptors (Lipinski definition) is 2. The normalized spacial score (nSPS) is 18.4. The Bertz CT molecular complexity index is 354. The molecule has 0 bridgehead atoms. The Kier molecular flexibility index (Phi) is 6.25. The van der Waals surface area contributed by atoms with Crippen LogP contribution in [-0.2, 0) is 6.42 Å². The van der Waals surface area contributed by atoms with E-state index in [1.807, 2.05) is 0 Å². The molecule has 2 rings (SSSR count). The lowest BCUT2D eigenvalue weighted by Gasteiger charge is -2.26. The van der Waals surface area contributed by atoms with Crippen molar-refractivity contribution in [3.05, 3.63) is 35.4 Å². The molecular weight excluding hydrogens is 250 g/mol. The average molecular weight is 277 g/mol. The van der Waals surface area contributed by atoms with E-state index in [1.165, 1.54) is 54.7 Å². The van der Waals surface area contributed by atoms with Crippen molar-refractivity contribution in [1.29, 1.82) is 0 Å². The summed E-state index contributed by atoms with van der Waals surface area (Å²) in [4.78, 5) is 0. The van der Waals surface area contributed by atoms with E-state index < -0.39 is 0 Å². The van der Waals surface area contributed by atoms with Crippen LogP contribution in [0.15, 0.2) is 24.3 Å². The number of unbranched alkanes of at least 4 members (excludes halogenated alkanes) is 1. The van der Waals surface area contributed by atoms with Crippen LogP contribution in [0.4, 0.5) is 0 Å². The molecule has 0 aromatic heterocycles. The van der Waals surface area contributed by atoms with E-state index in [4.69, 9.17) is 0 Å². The average Bonchev–Trinajstić information content (AvgIpc) is 2.46. The number of aryl methyl sites for hydroxylation is 1. The molecule has 1 saturated heterocycles. The zero-order chi connectivity index (χ0) is 13.5. The summed E-state index contributed by atoms with van der Waals surface area (Å²) >= 11 is 2.09. The summed E-state index contributed by atoms with van der Waals surface area (Å²) in [6, 6.07) is 10.4. The van der Waals surface area contributed by atoms with Crippen LogP contribution in [0.5, 0.6) is 0 Å². The topological polar surface area (TPSA) is 12.0 Å². The third kappa shape index (κ3) is 4.85. The van der Waals surface area contributed by atoms with Gasteiger partial charge in [-0.05, 0) is 55.2 Å². The molecule has 2 heteroatoms. The maximum Gasteiger partial charge on any atom is 0.0294 e. The van der Waals surface area contributed by atoms with Crippen molar-refractivity contribution in [3.63, 3.8) is 0 Å². The minimum absolute atomic E-state index is 0.480. The zero-order valence-corrected chi connectivity index (χ0v) is 13.1. The number of nitrogens with one attached hydrogen (secondary N) is 1. The van der Waals surface area contributed by atoms with E-state index in [-0.39, 0.29) is 0 Å². The Morgan fingerprint density at radius 1 is 1.21 bits per heavy atom. The molecule has 1 aliphatic rings. The summed E-state index contributed by atoms with van der Waals surface area (Å²) in [7, 11) is 0. The molecule has 1 heterocycles. The molecular formula is C17H27NS. The van der Waals surface area contributed by atoms with Crippen LogP contribution in [0.2, 0.25) is 0 Å². The highest BCUT2D eigenvalue weighted by Crippen LogP contribution is 2.21. The van der Waals surface area contributed by atoms with Gasteiger partial charge >= 0.3 is 0 Å². The van der Waals surface area contributed by atoms with Crippen LogP contribution in [0, 0.1) is 0 Å². The van der Waals surface area contributed by atoms with Crippen LogP contribution in [-0.4, -0.2) is 17.5 Å². The molecule has 1 unspecified atom stereocenters. The van der Waals surface area contributed by atoms with Gasteiger partial charge in [0.05, 0.1) is 0 Å². The highest BCUT2D eigenvalue weighted by Gasteiger charge is 2.16. The molecule has 1 aromatic rings. The molecule has 19 heavy (non-hydrogen) atoms. The van der Waals surface area contributed by atoms with Gasteiger partial charge in [-0.2, -0.15) is 11.8 Å². The fraction of sp³-hybridized carbons (Fsp3) is 0.647. The Morgan fingerprint density at radius 2 is 1.89 bits per heavy atom. The standard InChI is InChI=1S/C17H27NS/c1-3-4-5-15-6-8-16(9-7-15)14(2)18-17-10-12-19-13-11-17/h6-9,14,17-18H,3-5,10-13H2,1-2H3. The maximum atomic E-state index is 3.78. The lowest BCUT2D eigenvalue weighted by Crippen LogP contribution is -2.34. The SMILES string of the molecule is CCCCc1ccc(C(C)NC2CCSCC2)cc1. The van der Waals surface area contributed by atoms with Gasteiger partial charge in [0.15, 0.2) is 0 Å². The van der Waals surface area contributed by atoms with Crippen LogP contribution < -0.4 is 5.32 Å². The molecule has 1 aliphatic heterocycles.